The maximum Gasteiger partial charge on any atom is 0.222 e. The minimum absolute atomic E-state index is 0.0890. The molecule has 0 aliphatic rings. The van der Waals surface area contributed by atoms with Gasteiger partial charge >= 0.3 is 0 Å². The lowest BCUT2D eigenvalue weighted by Gasteiger charge is -2.50. The number of aromatic nitrogens is 2. The van der Waals surface area contributed by atoms with Crippen molar-refractivity contribution in [2.75, 3.05) is 7.11 Å². The summed E-state index contributed by atoms with van der Waals surface area (Å²) < 4.78 is 12.0. The standard InChI is InChI=1S/C23H26N2O3S/c1-23(2,3)29(19-11-7-5-8-12-19,20-13-9-6-10-14-20)28-17-18-15-24-21(16-26)25-22(18)27-4/h5-16H,17H2,1-4H3. The summed E-state index contributed by atoms with van der Waals surface area (Å²) in [6.07, 6.45) is 2.20. The highest BCUT2D eigenvalue weighted by atomic mass is 32.3. The number of hydrogen-bond donors (Lipinski definition) is 0. The van der Waals surface area contributed by atoms with Crippen molar-refractivity contribution in [3.8, 4) is 5.88 Å². The molecule has 0 bridgehead atoms. The van der Waals surface area contributed by atoms with Crippen LogP contribution in [0, 0.1) is 0 Å². The van der Waals surface area contributed by atoms with E-state index in [2.05, 4.69) is 55.0 Å². The van der Waals surface area contributed by atoms with Crippen LogP contribution >= 0.6 is 10.3 Å². The third kappa shape index (κ3) is 4.18. The molecule has 5 nitrogen and oxygen atoms in total. The fourth-order valence-electron chi connectivity index (χ4n) is 3.27. The number of methoxy groups -OCH3 is 1. The lowest BCUT2D eigenvalue weighted by atomic mass is 10.3. The van der Waals surface area contributed by atoms with Gasteiger partial charge in [-0.25, -0.2) is 4.98 Å². The van der Waals surface area contributed by atoms with Gasteiger partial charge in [-0.3, -0.25) is 4.79 Å². The van der Waals surface area contributed by atoms with Crippen LogP contribution in [0.2, 0.25) is 0 Å². The van der Waals surface area contributed by atoms with E-state index < -0.39 is 10.3 Å². The molecule has 0 radical (unpaired) electrons. The molecule has 0 unspecified atom stereocenters. The largest absolute Gasteiger partial charge is 0.481 e. The number of aldehydes is 1. The lowest BCUT2D eigenvalue weighted by molar-refractivity contribution is 0.111. The molecular weight excluding hydrogens is 384 g/mol. The second-order valence-electron chi connectivity index (χ2n) is 7.44. The van der Waals surface area contributed by atoms with Gasteiger partial charge in [0.1, 0.15) is 0 Å². The Morgan fingerprint density at radius 1 is 0.966 bits per heavy atom. The molecule has 3 rings (SSSR count). The molecule has 0 N–H and O–H groups in total. The van der Waals surface area contributed by atoms with Crippen molar-refractivity contribution in [1.29, 1.82) is 0 Å². The third-order valence-corrected chi connectivity index (χ3v) is 8.61. The maximum atomic E-state index is 11.0. The molecule has 1 heterocycles. The van der Waals surface area contributed by atoms with Crippen molar-refractivity contribution in [3.05, 3.63) is 78.2 Å². The molecule has 0 spiro atoms. The molecule has 152 valence electrons. The maximum absolute atomic E-state index is 11.0. The van der Waals surface area contributed by atoms with Gasteiger partial charge < -0.3 is 8.92 Å². The Labute approximate surface area is 173 Å². The molecule has 0 atom stereocenters. The van der Waals surface area contributed by atoms with E-state index in [1.165, 1.54) is 7.11 Å². The van der Waals surface area contributed by atoms with Crippen molar-refractivity contribution in [2.24, 2.45) is 0 Å². The van der Waals surface area contributed by atoms with E-state index in [4.69, 9.17) is 8.92 Å². The molecule has 1 aromatic heterocycles. The van der Waals surface area contributed by atoms with Crippen molar-refractivity contribution >= 4 is 16.6 Å². The fourth-order valence-corrected chi connectivity index (χ4v) is 6.97. The van der Waals surface area contributed by atoms with Gasteiger partial charge in [0.2, 0.25) is 5.88 Å². The molecule has 0 saturated heterocycles. The first-order valence-corrected chi connectivity index (χ1v) is 10.9. The summed E-state index contributed by atoms with van der Waals surface area (Å²) in [4.78, 5) is 21.5. The van der Waals surface area contributed by atoms with E-state index in [0.29, 0.717) is 17.7 Å². The van der Waals surface area contributed by atoms with Gasteiger partial charge in [-0.1, -0.05) is 46.7 Å². The normalized spacial score (nSPS) is 12.4. The summed E-state index contributed by atoms with van der Waals surface area (Å²) in [6, 6.07) is 20.7. The van der Waals surface area contributed by atoms with E-state index in [9.17, 15) is 4.79 Å². The molecule has 2 aromatic carbocycles. The molecule has 0 saturated carbocycles. The highest BCUT2D eigenvalue weighted by molar-refractivity contribution is 8.31. The molecule has 0 amide bonds. The smallest absolute Gasteiger partial charge is 0.222 e. The molecule has 3 aromatic rings. The first-order chi connectivity index (χ1) is 13.9. The van der Waals surface area contributed by atoms with Gasteiger partial charge in [0, 0.05) is 20.7 Å². The van der Waals surface area contributed by atoms with Crippen molar-refractivity contribution in [2.45, 2.75) is 41.9 Å². The van der Waals surface area contributed by atoms with Gasteiger partial charge in [0.15, 0.2) is 12.1 Å². The summed E-state index contributed by atoms with van der Waals surface area (Å²) in [5.41, 5.74) is 0.700. The topological polar surface area (TPSA) is 61.3 Å². The number of ether oxygens (including phenoxy) is 1. The van der Waals surface area contributed by atoms with E-state index >= 15 is 0 Å². The first-order valence-electron chi connectivity index (χ1n) is 9.35. The van der Waals surface area contributed by atoms with E-state index in [-0.39, 0.29) is 17.2 Å². The average molecular weight is 411 g/mol. The SMILES string of the molecule is COc1nc(C=O)ncc1COS(c1ccccc1)(c1ccccc1)C(C)(C)C. The van der Waals surface area contributed by atoms with Crippen LogP contribution in [0.15, 0.2) is 76.7 Å². The Morgan fingerprint density at radius 3 is 1.97 bits per heavy atom. The zero-order valence-corrected chi connectivity index (χ0v) is 18.0. The van der Waals surface area contributed by atoms with Gasteiger partial charge in [-0.2, -0.15) is 4.98 Å². The van der Waals surface area contributed by atoms with Crippen molar-refractivity contribution in [3.63, 3.8) is 0 Å². The Morgan fingerprint density at radius 2 is 1.52 bits per heavy atom. The average Bonchev–Trinajstić information content (AvgIpc) is 2.74. The zero-order valence-electron chi connectivity index (χ0n) is 17.2. The van der Waals surface area contributed by atoms with E-state index in [0.717, 1.165) is 9.79 Å². The Kier molecular flexibility index (Phi) is 6.35. The van der Waals surface area contributed by atoms with Crippen LogP contribution in [0.5, 0.6) is 5.88 Å². The monoisotopic (exact) mass is 410 g/mol. The van der Waals surface area contributed by atoms with Crippen LogP contribution < -0.4 is 4.74 Å². The van der Waals surface area contributed by atoms with Gasteiger partial charge in [0.25, 0.3) is 0 Å². The Balaban J connectivity index is 2.11. The highest BCUT2D eigenvalue weighted by Gasteiger charge is 2.41. The van der Waals surface area contributed by atoms with Crippen LogP contribution in [-0.2, 0) is 10.8 Å². The van der Waals surface area contributed by atoms with Crippen LogP contribution in [0.25, 0.3) is 0 Å². The molecular formula is C23H26N2O3S. The molecule has 0 fully saturated rings. The molecule has 0 aliphatic carbocycles. The minimum Gasteiger partial charge on any atom is -0.481 e. The molecule has 0 aliphatic heterocycles. The first kappa shape index (κ1) is 21.0. The molecule has 6 heteroatoms. The highest BCUT2D eigenvalue weighted by Crippen LogP contribution is 2.71. The van der Waals surface area contributed by atoms with E-state index in [1.807, 2.05) is 36.4 Å². The van der Waals surface area contributed by atoms with Gasteiger partial charge in [-0.05, 0) is 45.0 Å². The number of carbonyl (C=O) groups is 1. The van der Waals surface area contributed by atoms with Gasteiger partial charge in [-0.15, -0.1) is 0 Å². The Hall–Kier alpha value is -2.70. The predicted molar refractivity (Wildman–Crippen MR) is 116 cm³/mol. The van der Waals surface area contributed by atoms with Crippen LogP contribution in [0.4, 0.5) is 0 Å². The summed E-state index contributed by atoms with van der Waals surface area (Å²) >= 11 is 0. The number of carbonyl (C=O) groups excluding carboxylic acids is 1. The quantitative estimate of drug-likeness (QED) is 0.485. The van der Waals surface area contributed by atoms with Crippen LogP contribution in [-0.4, -0.2) is 28.1 Å². The summed E-state index contributed by atoms with van der Waals surface area (Å²) in [5.74, 6) is 0.441. The van der Waals surface area contributed by atoms with E-state index in [1.54, 1.807) is 6.20 Å². The number of rotatable bonds is 7. The fraction of sp³-hybridized carbons (Fsp3) is 0.261. The van der Waals surface area contributed by atoms with Crippen LogP contribution in [0.3, 0.4) is 0 Å². The summed E-state index contributed by atoms with van der Waals surface area (Å²) in [7, 11) is -0.363. The Bertz CT molecular complexity index is 917. The van der Waals surface area contributed by atoms with Gasteiger partial charge in [0.05, 0.1) is 19.3 Å². The zero-order chi connectivity index (χ0) is 20.9. The van der Waals surface area contributed by atoms with Crippen molar-refractivity contribution < 1.29 is 13.7 Å². The predicted octanol–water partition coefficient (Wildman–Crippen LogP) is 5.45. The van der Waals surface area contributed by atoms with Crippen molar-refractivity contribution in [1.82, 2.24) is 9.97 Å². The second-order valence-corrected chi connectivity index (χ2v) is 11.0. The minimum atomic E-state index is -1.89. The number of benzene rings is 2. The number of hydrogen-bond acceptors (Lipinski definition) is 5. The summed E-state index contributed by atoms with van der Waals surface area (Å²) in [5, 5.41) is 0. The molecule has 29 heavy (non-hydrogen) atoms. The lowest BCUT2D eigenvalue weighted by Crippen LogP contribution is -2.28. The number of nitrogens with zero attached hydrogens (tertiary/aromatic N) is 2. The second kappa shape index (κ2) is 8.76. The third-order valence-electron chi connectivity index (χ3n) is 4.55. The summed E-state index contributed by atoms with van der Waals surface area (Å²) in [6.45, 7) is 6.86. The van der Waals surface area contributed by atoms with Crippen LogP contribution in [0.1, 0.15) is 37.0 Å².